The van der Waals surface area contributed by atoms with E-state index in [1.165, 1.54) is 0 Å². The molecule has 0 radical (unpaired) electrons. The second-order valence-electron chi connectivity index (χ2n) is 3.10. The number of rotatable bonds is 1. The van der Waals surface area contributed by atoms with E-state index in [0.717, 1.165) is 22.6 Å². The van der Waals surface area contributed by atoms with Crippen molar-refractivity contribution in [1.82, 2.24) is 14.6 Å². The molecule has 13 heavy (non-hydrogen) atoms. The molecule has 0 unspecified atom stereocenters. The van der Waals surface area contributed by atoms with Crippen molar-refractivity contribution in [2.45, 2.75) is 20.5 Å². The van der Waals surface area contributed by atoms with Gasteiger partial charge in [-0.1, -0.05) is 0 Å². The topological polar surface area (TPSA) is 50.4 Å². The van der Waals surface area contributed by atoms with Gasteiger partial charge in [-0.25, -0.2) is 9.50 Å². The highest BCUT2D eigenvalue weighted by Crippen LogP contribution is 2.11. The summed E-state index contributed by atoms with van der Waals surface area (Å²) < 4.78 is 1.73. The fourth-order valence-electron chi connectivity index (χ4n) is 1.43. The Bertz CT molecular complexity index is 447. The molecular formula is C9H11N3O. The second-order valence-corrected chi connectivity index (χ2v) is 3.10. The van der Waals surface area contributed by atoms with Crippen molar-refractivity contribution in [2.75, 3.05) is 0 Å². The molecule has 4 heteroatoms. The number of nitrogens with zero attached hydrogens (tertiary/aromatic N) is 3. The Labute approximate surface area is 75.8 Å². The van der Waals surface area contributed by atoms with Crippen molar-refractivity contribution >= 4 is 5.65 Å². The first-order valence-electron chi connectivity index (χ1n) is 4.14. The summed E-state index contributed by atoms with van der Waals surface area (Å²) >= 11 is 0. The van der Waals surface area contributed by atoms with E-state index < -0.39 is 0 Å². The minimum absolute atomic E-state index is 0.0145. The SMILES string of the molecule is Cc1cc(C)n2ncc(CO)c2n1. The molecule has 0 aromatic carbocycles. The van der Waals surface area contributed by atoms with Crippen LogP contribution in [-0.4, -0.2) is 19.7 Å². The number of aliphatic hydroxyl groups is 1. The molecule has 0 aliphatic rings. The van der Waals surface area contributed by atoms with Gasteiger partial charge in [0.2, 0.25) is 0 Å². The van der Waals surface area contributed by atoms with Crippen molar-refractivity contribution in [1.29, 1.82) is 0 Å². The van der Waals surface area contributed by atoms with Crippen LogP contribution < -0.4 is 0 Å². The number of aliphatic hydroxyl groups excluding tert-OH is 1. The van der Waals surface area contributed by atoms with Crippen molar-refractivity contribution in [3.63, 3.8) is 0 Å². The molecule has 68 valence electrons. The first-order valence-corrected chi connectivity index (χ1v) is 4.14. The molecule has 0 atom stereocenters. The molecule has 2 heterocycles. The molecule has 0 amide bonds. The van der Waals surface area contributed by atoms with Crippen LogP contribution in [-0.2, 0) is 6.61 Å². The predicted molar refractivity (Wildman–Crippen MR) is 48.4 cm³/mol. The van der Waals surface area contributed by atoms with Gasteiger partial charge in [0, 0.05) is 17.0 Å². The van der Waals surface area contributed by atoms with Gasteiger partial charge in [0.25, 0.3) is 0 Å². The number of fused-ring (bicyclic) bond motifs is 1. The van der Waals surface area contributed by atoms with Crippen molar-refractivity contribution < 1.29 is 5.11 Å². The van der Waals surface area contributed by atoms with Gasteiger partial charge < -0.3 is 5.11 Å². The maximum absolute atomic E-state index is 9.01. The highest BCUT2D eigenvalue weighted by Gasteiger charge is 2.06. The van der Waals surface area contributed by atoms with Crippen LogP contribution in [0.25, 0.3) is 5.65 Å². The van der Waals surface area contributed by atoms with Crippen LogP contribution in [0.5, 0.6) is 0 Å². The quantitative estimate of drug-likeness (QED) is 0.702. The van der Waals surface area contributed by atoms with Gasteiger partial charge in [0.1, 0.15) is 0 Å². The van der Waals surface area contributed by atoms with E-state index in [2.05, 4.69) is 10.1 Å². The molecule has 2 aromatic rings. The van der Waals surface area contributed by atoms with Gasteiger partial charge in [-0.05, 0) is 19.9 Å². The van der Waals surface area contributed by atoms with E-state index in [9.17, 15) is 0 Å². The van der Waals surface area contributed by atoms with Crippen LogP contribution in [0.15, 0.2) is 12.3 Å². The van der Waals surface area contributed by atoms with E-state index >= 15 is 0 Å². The second kappa shape index (κ2) is 2.81. The van der Waals surface area contributed by atoms with Gasteiger partial charge >= 0.3 is 0 Å². The average Bonchev–Trinajstić information content (AvgIpc) is 2.47. The van der Waals surface area contributed by atoms with Gasteiger partial charge in [0.05, 0.1) is 12.8 Å². The molecule has 0 aliphatic carbocycles. The molecule has 0 bridgehead atoms. The lowest BCUT2D eigenvalue weighted by atomic mass is 10.3. The molecule has 0 aliphatic heterocycles. The van der Waals surface area contributed by atoms with Crippen molar-refractivity contribution in [3.05, 3.63) is 29.2 Å². The maximum Gasteiger partial charge on any atom is 0.160 e. The minimum Gasteiger partial charge on any atom is -0.391 e. The average molecular weight is 177 g/mol. The normalized spacial score (nSPS) is 11.0. The molecular weight excluding hydrogens is 166 g/mol. The molecule has 2 aromatic heterocycles. The predicted octanol–water partition coefficient (Wildman–Crippen LogP) is 0.838. The first-order chi connectivity index (χ1) is 6.22. The van der Waals surface area contributed by atoms with Crippen LogP contribution in [0.4, 0.5) is 0 Å². The lowest BCUT2D eigenvalue weighted by Crippen LogP contribution is -1.98. The van der Waals surface area contributed by atoms with Gasteiger partial charge in [-0.2, -0.15) is 5.10 Å². The molecule has 4 nitrogen and oxygen atoms in total. The molecule has 0 saturated carbocycles. The summed E-state index contributed by atoms with van der Waals surface area (Å²) in [5.41, 5.74) is 3.49. The smallest absolute Gasteiger partial charge is 0.160 e. The Morgan fingerprint density at radius 3 is 2.92 bits per heavy atom. The summed E-state index contributed by atoms with van der Waals surface area (Å²) in [5, 5.41) is 13.1. The monoisotopic (exact) mass is 177 g/mol. The van der Waals surface area contributed by atoms with Crippen LogP contribution >= 0.6 is 0 Å². The fourth-order valence-corrected chi connectivity index (χ4v) is 1.43. The minimum atomic E-state index is -0.0145. The zero-order valence-corrected chi connectivity index (χ0v) is 7.65. The summed E-state index contributed by atoms with van der Waals surface area (Å²) in [6.45, 7) is 3.89. The zero-order valence-electron chi connectivity index (χ0n) is 7.65. The van der Waals surface area contributed by atoms with Gasteiger partial charge in [-0.15, -0.1) is 0 Å². The highest BCUT2D eigenvalue weighted by atomic mass is 16.3. The summed E-state index contributed by atoms with van der Waals surface area (Å²) in [6, 6.07) is 1.96. The number of aryl methyl sites for hydroxylation is 2. The lowest BCUT2D eigenvalue weighted by Gasteiger charge is -2.00. The third kappa shape index (κ3) is 1.19. The third-order valence-corrected chi connectivity index (χ3v) is 2.02. The van der Waals surface area contributed by atoms with Crippen molar-refractivity contribution in [3.8, 4) is 0 Å². The zero-order chi connectivity index (χ0) is 9.42. The highest BCUT2D eigenvalue weighted by molar-refractivity contribution is 5.47. The van der Waals surface area contributed by atoms with E-state index in [-0.39, 0.29) is 6.61 Å². The first kappa shape index (κ1) is 8.19. The Hall–Kier alpha value is -1.42. The van der Waals surface area contributed by atoms with E-state index in [1.54, 1.807) is 10.7 Å². The Morgan fingerprint density at radius 1 is 1.46 bits per heavy atom. The largest absolute Gasteiger partial charge is 0.391 e. The summed E-state index contributed by atoms with van der Waals surface area (Å²) in [4.78, 5) is 4.31. The third-order valence-electron chi connectivity index (χ3n) is 2.02. The standard InChI is InChI=1S/C9H11N3O/c1-6-3-7(2)12-9(11-6)8(5-13)4-10-12/h3-4,13H,5H2,1-2H3. The Morgan fingerprint density at radius 2 is 2.23 bits per heavy atom. The number of hydrogen-bond donors (Lipinski definition) is 1. The number of hydrogen-bond acceptors (Lipinski definition) is 3. The molecule has 2 rings (SSSR count). The fraction of sp³-hybridized carbons (Fsp3) is 0.333. The van der Waals surface area contributed by atoms with Gasteiger partial charge in [-0.3, -0.25) is 0 Å². The molecule has 1 N–H and O–H groups in total. The summed E-state index contributed by atoms with van der Waals surface area (Å²) in [5.74, 6) is 0. The van der Waals surface area contributed by atoms with Crippen LogP contribution in [0, 0.1) is 13.8 Å². The summed E-state index contributed by atoms with van der Waals surface area (Å²) in [7, 11) is 0. The van der Waals surface area contributed by atoms with E-state index in [0.29, 0.717) is 0 Å². The lowest BCUT2D eigenvalue weighted by molar-refractivity contribution is 0.283. The summed E-state index contributed by atoms with van der Waals surface area (Å²) in [6.07, 6.45) is 1.65. The number of aromatic nitrogens is 3. The van der Waals surface area contributed by atoms with Crippen LogP contribution in [0.2, 0.25) is 0 Å². The maximum atomic E-state index is 9.01. The van der Waals surface area contributed by atoms with E-state index in [4.69, 9.17) is 5.11 Å². The Kier molecular flexibility index (Phi) is 1.77. The van der Waals surface area contributed by atoms with Crippen LogP contribution in [0.1, 0.15) is 17.0 Å². The van der Waals surface area contributed by atoms with Gasteiger partial charge in [0.15, 0.2) is 5.65 Å². The molecule has 0 fully saturated rings. The van der Waals surface area contributed by atoms with E-state index in [1.807, 2.05) is 19.9 Å². The molecule has 0 spiro atoms. The Balaban J connectivity index is 2.82. The molecule has 0 saturated heterocycles. The van der Waals surface area contributed by atoms with Crippen molar-refractivity contribution in [2.24, 2.45) is 0 Å². The van der Waals surface area contributed by atoms with Crippen LogP contribution in [0.3, 0.4) is 0 Å².